The van der Waals surface area contributed by atoms with E-state index in [1.807, 2.05) is 73.7 Å². The van der Waals surface area contributed by atoms with Crippen molar-refractivity contribution in [2.75, 3.05) is 21.7 Å². The molecule has 242 valence electrons. The van der Waals surface area contributed by atoms with Crippen LogP contribution >= 0.6 is 0 Å². The molecule has 4 aromatic rings. The van der Waals surface area contributed by atoms with Gasteiger partial charge in [0.2, 0.25) is 11.8 Å². The molecule has 6 amide bonds. The van der Waals surface area contributed by atoms with Crippen LogP contribution in [-0.2, 0) is 16.1 Å². The number of para-hydroxylation sites is 2. The Kier molecular flexibility index (Phi) is 8.22. The van der Waals surface area contributed by atoms with Gasteiger partial charge in [-0.2, -0.15) is 0 Å². The Balaban J connectivity index is 1.10. The van der Waals surface area contributed by atoms with Gasteiger partial charge in [0.25, 0.3) is 11.8 Å². The van der Waals surface area contributed by atoms with Gasteiger partial charge in [0.1, 0.15) is 6.54 Å². The van der Waals surface area contributed by atoms with Crippen molar-refractivity contribution in [3.63, 3.8) is 0 Å². The Morgan fingerprint density at radius 2 is 1.38 bits per heavy atom. The number of imide groups is 1. The molecular weight excluding hydrogens is 606 g/mol. The fraction of sp³-hybridized carbons (Fsp3) is 0.237. The summed E-state index contributed by atoms with van der Waals surface area (Å²) in [6, 6.07) is 30.0. The largest absolute Gasteiger partial charge is 0.331 e. The SMILES string of the molecule is C[C@H](NC(=O)Nc1ccc(CN2C(=O)C3CCCC3N(C(=O)CN3C(=O)c4ccccc4C3=O)c3ccccc32)cc1)c1ccccc1. The maximum Gasteiger partial charge on any atom is 0.319 e. The Morgan fingerprint density at radius 1 is 0.750 bits per heavy atom. The van der Waals surface area contributed by atoms with Crippen LogP contribution in [0.2, 0.25) is 0 Å². The van der Waals surface area contributed by atoms with E-state index in [1.165, 1.54) is 0 Å². The highest BCUT2D eigenvalue weighted by molar-refractivity contribution is 6.23. The highest BCUT2D eigenvalue weighted by atomic mass is 16.2. The monoisotopic (exact) mass is 641 g/mol. The molecule has 0 aromatic heterocycles. The van der Waals surface area contributed by atoms with Crippen LogP contribution in [-0.4, -0.2) is 47.1 Å². The van der Waals surface area contributed by atoms with Crippen molar-refractivity contribution in [1.29, 1.82) is 0 Å². The first kappa shape index (κ1) is 30.9. The number of carbonyl (C=O) groups is 5. The van der Waals surface area contributed by atoms with E-state index in [-0.39, 0.29) is 35.7 Å². The number of nitrogens with zero attached hydrogens (tertiary/aromatic N) is 3. The van der Waals surface area contributed by atoms with E-state index in [9.17, 15) is 24.0 Å². The van der Waals surface area contributed by atoms with Gasteiger partial charge in [-0.1, -0.05) is 73.2 Å². The summed E-state index contributed by atoms with van der Waals surface area (Å²) in [5.74, 6) is -1.89. The van der Waals surface area contributed by atoms with E-state index in [1.54, 1.807) is 46.2 Å². The van der Waals surface area contributed by atoms with Crippen LogP contribution in [0.4, 0.5) is 21.9 Å². The number of urea groups is 1. The van der Waals surface area contributed by atoms with Crippen LogP contribution in [0, 0.1) is 5.92 Å². The molecular formula is C38H35N5O5. The molecule has 1 fully saturated rings. The average molecular weight is 642 g/mol. The molecule has 3 aliphatic rings. The average Bonchev–Trinajstić information content (AvgIpc) is 3.65. The predicted molar refractivity (Wildman–Crippen MR) is 182 cm³/mol. The Labute approximate surface area is 278 Å². The van der Waals surface area contributed by atoms with E-state index in [0.717, 1.165) is 22.4 Å². The summed E-state index contributed by atoms with van der Waals surface area (Å²) >= 11 is 0. The van der Waals surface area contributed by atoms with Gasteiger partial charge in [0.15, 0.2) is 0 Å². The summed E-state index contributed by atoms with van der Waals surface area (Å²) in [7, 11) is 0. The van der Waals surface area contributed by atoms with Gasteiger partial charge in [-0.05, 0) is 67.3 Å². The van der Waals surface area contributed by atoms with E-state index in [0.29, 0.717) is 29.9 Å². The lowest BCUT2D eigenvalue weighted by Gasteiger charge is -2.31. The first-order valence-electron chi connectivity index (χ1n) is 16.2. The van der Waals surface area contributed by atoms with Crippen molar-refractivity contribution < 1.29 is 24.0 Å². The van der Waals surface area contributed by atoms with Gasteiger partial charge in [0.05, 0.1) is 41.0 Å². The van der Waals surface area contributed by atoms with Gasteiger partial charge < -0.3 is 20.4 Å². The van der Waals surface area contributed by atoms with Crippen molar-refractivity contribution in [3.8, 4) is 0 Å². The van der Waals surface area contributed by atoms with Crippen LogP contribution in [0.15, 0.2) is 103 Å². The van der Waals surface area contributed by atoms with Crippen LogP contribution < -0.4 is 20.4 Å². The lowest BCUT2D eigenvalue weighted by molar-refractivity contribution is -0.123. The summed E-state index contributed by atoms with van der Waals surface area (Å²) in [6.07, 6.45) is 2.04. The number of carbonyl (C=O) groups excluding carboxylic acids is 5. The quantitative estimate of drug-likeness (QED) is 0.243. The van der Waals surface area contributed by atoms with Crippen molar-refractivity contribution in [2.24, 2.45) is 5.92 Å². The summed E-state index contributed by atoms with van der Waals surface area (Å²) in [4.78, 5) is 71.6. The number of benzene rings is 4. The molecule has 2 heterocycles. The Bertz CT molecular complexity index is 1880. The lowest BCUT2D eigenvalue weighted by Crippen LogP contribution is -2.49. The topological polar surface area (TPSA) is 119 Å². The standard InChI is InChI=1S/C38H35N5O5/c1-24(26-10-3-2-4-11-26)39-38(48)40-27-20-18-25(19-21-27)22-41-32-15-7-8-16-33(32)43(31-17-9-14-30(31)37(41)47)34(44)23-42-35(45)28-12-5-6-13-29(28)36(42)46/h2-8,10-13,15-16,18-21,24,30-31H,9,14,17,22-23H2,1H3,(H2,39,40,48)/t24-,30?,31?/m0/s1. The van der Waals surface area contributed by atoms with Gasteiger partial charge in [0, 0.05) is 11.7 Å². The molecule has 0 spiro atoms. The van der Waals surface area contributed by atoms with E-state index >= 15 is 0 Å². The van der Waals surface area contributed by atoms with Gasteiger partial charge in [-0.25, -0.2) is 4.79 Å². The zero-order chi connectivity index (χ0) is 33.4. The highest BCUT2D eigenvalue weighted by Gasteiger charge is 2.47. The maximum atomic E-state index is 14.2. The number of hydrogen-bond donors (Lipinski definition) is 2. The number of rotatable bonds is 7. The second kappa shape index (κ2) is 12.8. The van der Waals surface area contributed by atoms with Crippen LogP contribution in [0.1, 0.15) is 64.1 Å². The minimum absolute atomic E-state index is 0.0718. The molecule has 7 rings (SSSR count). The molecule has 2 aliphatic heterocycles. The normalized spacial score (nSPS) is 18.9. The number of amides is 6. The molecule has 3 atom stereocenters. The third-order valence-corrected chi connectivity index (χ3v) is 9.47. The van der Waals surface area contributed by atoms with Gasteiger partial charge >= 0.3 is 6.03 Å². The first-order valence-corrected chi connectivity index (χ1v) is 16.2. The maximum absolute atomic E-state index is 14.2. The van der Waals surface area contributed by atoms with Crippen molar-refractivity contribution >= 4 is 46.7 Å². The molecule has 0 saturated heterocycles. The van der Waals surface area contributed by atoms with Crippen molar-refractivity contribution in [2.45, 2.75) is 44.8 Å². The van der Waals surface area contributed by atoms with Crippen molar-refractivity contribution in [1.82, 2.24) is 10.2 Å². The summed E-state index contributed by atoms with van der Waals surface area (Å²) in [5, 5.41) is 5.81. The van der Waals surface area contributed by atoms with E-state index in [2.05, 4.69) is 10.6 Å². The molecule has 1 aliphatic carbocycles. The molecule has 4 aromatic carbocycles. The third kappa shape index (κ3) is 5.70. The Morgan fingerprint density at radius 3 is 2.06 bits per heavy atom. The molecule has 10 nitrogen and oxygen atoms in total. The number of fused-ring (bicyclic) bond motifs is 3. The van der Waals surface area contributed by atoms with Crippen LogP contribution in [0.5, 0.6) is 0 Å². The minimum atomic E-state index is -0.492. The summed E-state index contributed by atoms with van der Waals surface area (Å²) in [6.45, 7) is 1.77. The molecule has 0 bridgehead atoms. The van der Waals surface area contributed by atoms with Gasteiger partial charge in [-0.15, -0.1) is 0 Å². The number of nitrogens with one attached hydrogen (secondary N) is 2. The van der Waals surface area contributed by atoms with E-state index in [4.69, 9.17) is 0 Å². The van der Waals surface area contributed by atoms with Crippen molar-refractivity contribution in [3.05, 3.63) is 125 Å². The van der Waals surface area contributed by atoms with Gasteiger partial charge in [-0.3, -0.25) is 24.1 Å². The fourth-order valence-electron chi connectivity index (χ4n) is 7.07. The van der Waals surface area contributed by atoms with Crippen LogP contribution in [0.3, 0.4) is 0 Å². The molecule has 2 N–H and O–H groups in total. The summed E-state index contributed by atoms with van der Waals surface area (Å²) < 4.78 is 0. The number of hydrogen-bond acceptors (Lipinski definition) is 5. The molecule has 0 radical (unpaired) electrons. The predicted octanol–water partition coefficient (Wildman–Crippen LogP) is 5.91. The molecule has 1 saturated carbocycles. The van der Waals surface area contributed by atoms with E-state index < -0.39 is 36.2 Å². The zero-order valence-corrected chi connectivity index (χ0v) is 26.5. The fourth-order valence-corrected chi connectivity index (χ4v) is 7.07. The minimum Gasteiger partial charge on any atom is -0.331 e. The molecule has 10 heteroatoms. The Hall–Kier alpha value is -5.77. The summed E-state index contributed by atoms with van der Waals surface area (Å²) in [5.41, 5.74) is 4.19. The second-order valence-electron chi connectivity index (χ2n) is 12.5. The lowest BCUT2D eigenvalue weighted by atomic mass is 10.0. The second-order valence-corrected chi connectivity index (χ2v) is 12.5. The molecule has 2 unspecified atom stereocenters. The first-order chi connectivity index (χ1) is 23.3. The molecule has 48 heavy (non-hydrogen) atoms. The number of anilines is 3. The third-order valence-electron chi connectivity index (χ3n) is 9.47. The smallest absolute Gasteiger partial charge is 0.319 e. The van der Waals surface area contributed by atoms with Crippen LogP contribution in [0.25, 0.3) is 0 Å². The highest BCUT2D eigenvalue weighted by Crippen LogP contribution is 2.43. The zero-order valence-electron chi connectivity index (χ0n) is 26.5.